The van der Waals surface area contributed by atoms with E-state index in [0.717, 1.165) is 30.3 Å². The van der Waals surface area contributed by atoms with Crippen molar-refractivity contribution in [3.63, 3.8) is 0 Å². The molecule has 18 heavy (non-hydrogen) atoms. The van der Waals surface area contributed by atoms with Crippen LogP contribution in [0.25, 0.3) is 0 Å². The summed E-state index contributed by atoms with van der Waals surface area (Å²) in [5, 5.41) is 0. The summed E-state index contributed by atoms with van der Waals surface area (Å²) in [6.45, 7) is 7.14. The molecule has 1 atom stereocenters. The molecule has 0 saturated carbocycles. The lowest BCUT2D eigenvalue weighted by atomic mass is 10.1. The van der Waals surface area contributed by atoms with Gasteiger partial charge in [0.25, 0.3) is 5.91 Å². The number of aromatic nitrogens is 1. The predicted octanol–water partition coefficient (Wildman–Crippen LogP) is 3.88. The number of hydrogen-bond acceptors (Lipinski definition) is 2. The number of halogens is 1. The van der Waals surface area contributed by atoms with Crippen molar-refractivity contribution >= 4 is 21.8 Å². The largest absolute Gasteiger partial charge is 0.335 e. The molecule has 1 amide bonds. The second-order valence-electron chi connectivity index (χ2n) is 4.47. The molecule has 0 aliphatic rings. The van der Waals surface area contributed by atoms with Gasteiger partial charge in [0, 0.05) is 23.3 Å². The molecule has 1 aromatic rings. The Hall–Kier alpha value is -0.900. The van der Waals surface area contributed by atoms with E-state index in [0.29, 0.717) is 5.69 Å². The summed E-state index contributed by atoms with van der Waals surface area (Å²) in [5.74, 6) is 0.0327. The van der Waals surface area contributed by atoms with E-state index in [1.807, 2.05) is 11.0 Å². The second kappa shape index (κ2) is 7.52. The van der Waals surface area contributed by atoms with Gasteiger partial charge in [-0.25, -0.2) is 4.98 Å². The highest BCUT2D eigenvalue weighted by atomic mass is 79.9. The van der Waals surface area contributed by atoms with Crippen LogP contribution in [0.2, 0.25) is 0 Å². The monoisotopic (exact) mass is 312 g/mol. The molecular weight excluding hydrogens is 292 g/mol. The molecule has 0 N–H and O–H groups in total. The number of pyridine rings is 1. The molecule has 1 rings (SSSR count). The van der Waals surface area contributed by atoms with Gasteiger partial charge in [0.1, 0.15) is 5.69 Å². The third-order valence-electron chi connectivity index (χ3n) is 3.08. The van der Waals surface area contributed by atoms with Crippen LogP contribution in [0, 0.1) is 0 Å². The Kier molecular flexibility index (Phi) is 6.33. The molecule has 0 spiro atoms. The van der Waals surface area contributed by atoms with E-state index in [9.17, 15) is 4.79 Å². The van der Waals surface area contributed by atoms with Gasteiger partial charge in [0.2, 0.25) is 0 Å². The van der Waals surface area contributed by atoms with Crippen molar-refractivity contribution in [1.82, 2.24) is 9.88 Å². The Morgan fingerprint density at radius 2 is 2.17 bits per heavy atom. The number of rotatable bonds is 6. The van der Waals surface area contributed by atoms with Gasteiger partial charge in [-0.1, -0.05) is 20.3 Å². The summed E-state index contributed by atoms with van der Waals surface area (Å²) in [7, 11) is 0. The fourth-order valence-corrected chi connectivity index (χ4v) is 1.95. The average Bonchev–Trinajstić information content (AvgIpc) is 2.39. The average molecular weight is 313 g/mol. The zero-order chi connectivity index (χ0) is 13.5. The molecule has 4 heteroatoms. The maximum Gasteiger partial charge on any atom is 0.272 e. The predicted molar refractivity (Wildman–Crippen MR) is 77.6 cm³/mol. The molecular formula is C14H21BrN2O. The molecule has 1 unspecified atom stereocenters. The second-order valence-corrected chi connectivity index (χ2v) is 5.39. The molecule has 0 aromatic carbocycles. The smallest absolute Gasteiger partial charge is 0.272 e. The number of amides is 1. The Balaban J connectivity index is 2.83. The zero-order valence-electron chi connectivity index (χ0n) is 11.3. The third kappa shape index (κ3) is 4.09. The molecule has 1 aromatic heterocycles. The van der Waals surface area contributed by atoms with Gasteiger partial charge in [0.15, 0.2) is 0 Å². The molecule has 1 heterocycles. The lowest BCUT2D eigenvalue weighted by molar-refractivity contribution is 0.0679. The van der Waals surface area contributed by atoms with Crippen LogP contribution in [0.4, 0.5) is 0 Å². The topological polar surface area (TPSA) is 33.2 Å². The SMILES string of the molecule is CCCCN(C(=O)c1ccc(Br)cn1)C(C)CC. The first-order chi connectivity index (χ1) is 8.60. The van der Waals surface area contributed by atoms with Crippen molar-refractivity contribution in [2.45, 2.75) is 46.1 Å². The lowest BCUT2D eigenvalue weighted by Gasteiger charge is -2.28. The highest BCUT2D eigenvalue weighted by Gasteiger charge is 2.20. The van der Waals surface area contributed by atoms with E-state index in [2.05, 4.69) is 41.7 Å². The van der Waals surface area contributed by atoms with Crippen LogP contribution in [0.15, 0.2) is 22.8 Å². The minimum absolute atomic E-state index is 0.0327. The van der Waals surface area contributed by atoms with E-state index in [1.54, 1.807) is 12.3 Å². The summed E-state index contributed by atoms with van der Waals surface area (Å²) in [5.41, 5.74) is 0.523. The number of nitrogens with zero attached hydrogens (tertiary/aromatic N) is 2. The van der Waals surface area contributed by atoms with E-state index in [4.69, 9.17) is 0 Å². The van der Waals surface area contributed by atoms with Crippen LogP contribution in [0.5, 0.6) is 0 Å². The Morgan fingerprint density at radius 1 is 1.44 bits per heavy atom. The number of carbonyl (C=O) groups excluding carboxylic acids is 1. The first-order valence-corrected chi connectivity index (χ1v) is 7.32. The number of carbonyl (C=O) groups is 1. The Labute approximate surface area is 118 Å². The first-order valence-electron chi connectivity index (χ1n) is 6.52. The molecule has 0 aliphatic heterocycles. The fraction of sp³-hybridized carbons (Fsp3) is 0.571. The van der Waals surface area contributed by atoms with Crippen LogP contribution < -0.4 is 0 Å². The van der Waals surface area contributed by atoms with Gasteiger partial charge in [-0.15, -0.1) is 0 Å². The van der Waals surface area contributed by atoms with Crippen molar-refractivity contribution in [2.75, 3.05) is 6.54 Å². The molecule has 0 saturated heterocycles. The lowest BCUT2D eigenvalue weighted by Crippen LogP contribution is -2.39. The van der Waals surface area contributed by atoms with Crippen LogP contribution in [0.1, 0.15) is 50.5 Å². The zero-order valence-corrected chi connectivity index (χ0v) is 12.9. The molecule has 0 radical (unpaired) electrons. The van der Waals surface area contributed by atoms with Gasteiger partial charge in [-0.3, -0.25) is 4.79 Å². The summed E-state index contributed by atoms with van der Waals surface area (Å²) < 4.78 is 0.891. The van der Waals surface area contributed by atoms with E-state index < -0.39 is 0 Å². The Morgan fingerprint density at radius 3 is 2.67 bits per heavy atom. The number of unbranched alkanes of at least 4 members (excludes halogenated alkanes) is 1. The highest BCUT2D eigenvalue weighted by Crippen LogP contribution is 2.13. The quantitative estimate of drug-likeness (QED) is 0.798. The normalized spacial score (nSPS) is 12.2. The summed E-state index contributed by atoms with van der Waals surface area (Å²) >= 11 is 3.33. The van der Waals surface area contributed by atoms with E-state index >= 15 is 0 Å². The van der Waals surface area contributed by atoms with Gasteiger partial charge in [0.05, 0.1) is 0 Å². The standard InChI is InChI=1S/C14H21BrN2O/c1-4-6-9-17(11(3)5-2)14(18)13-8-7-12(15)10-16-13/h7-8,10-11H,4-6,9H2,1-3H3. The van der Waals surface area contributed by atoms with Gasteiger partial charge in [-0.2, -0.15) is 0 Å². The third-order valence-corrected chi connectivity index (χ3v) is 3.55. The first kappa shape index (κ1) is 15.2. The highest BCUT2D eigenvalue weighted by molar-refractivity contribution is 9.10. The minimum atomic E-state index is 0.0327. The van der Waals surface area contributed by atoms with Crippen LogP contribution in [0.3, 0.4) is 0 Å². The summed E-state index contributed by atoms with van der Waals surface area (Å²) in [6, 6.07) is 3.89. The van der Waals surface area contributed by atoms with Crippen molar-refractivity contribution in [1.29, 1.82) is 0 Å². The maximum absolute atomic E-state index is 12.4. The van der Waals surface area contributed by atoms with Crippen molar-refractivity contribution in [2.24, 2.45) is 0 Å². The van der Waals surface area contributed by atoms with Crippen LogP contribution >= 0.6 is 15.9 Å². The van der Waals surface area contributed by atoms with Crippen LogP contribution in [-0.2, 0) is 0 Å². The van der Waals surface area contributed by atoms with Gasteiger partial charge >= 0.3 is 0 Å². The van der Waals surface area contributed by atoms with Crippen molar-refractivity contribution in [3.05, 3.63) is 28.5 Å². The Bertz CT molecular complexity index is 378. The molecule has 0 bridgehead atoms. The summed E-state index contributed by atoms with van der Waals surface area (Å²) in [4.78, 5) is 18.5. The minimum Gasteiger partial charge on any atom is -0.335 e. The molecule has 3 nitrogen and oxygen atoms in total. The number of hydrogen-bond donors (Lipinski definition) is 0. The van der Waals surface area contributed by atoms with Gasteiger partial charge in [-0.05, 0) is 47.8 Å². The molecule has 0 aliphatic carbocycles. The van der Waals surface area contributed by atoms with E-state index in [-0.39, 0.29) is 11.9 Å². The summed E-state index contributed by atoms with van der Waals surface area (Å²) in [6.07, 6.45) is 4.76. The van der Waals surface area contributed by atoms with Crippen LogP contribution in [-0.4, -0.2) is 28.4 Å². The maximum atomic E-state index is 12.4. The molecule has 100 valence electrons. The van der Waals surface area contributed by atoms with E-state index in [1.165, 1.54) is 0 Å². The molecule has 0 fully saturated rings. The van der Waals surface area contributed by atoms with Gasteiger partial charge < -0.3 is 4.90 Å². The van der Waals surface area contributed by atoms with Crippen molar-refractivity contribution < 1.29 is 4.79 Å². The van der Waals surface area contributed by atoms with Crippen molar-refractivity contribution in [3.8, 4) is 0 Å². The fourth-order valence-electron chi connectivity index (χ4n) is 1.72.